The van der Waals surface area contributed by atoms with Crippen LogP contribution in [0.5, 0.6) is 0 Å². The first-order valence-electron chi connectivity index (χ1n) is 10.2. The average Bonchev–Trinajstić information content (AvgIpc) is 3.44. The fourth-order valence-corrected chi connectivity index (χ4v) is 3.69. The molecule has 1 aliphatic carbocycles. The molecule has 4 aromatic rings. The van der Waals surface area contributed by atoms with Crippen LogP contribution in [0.4, 0.5) is 16.3 Å². The third kappa shape index (κ3) is 3.96. The molecule has 3 aromatic heterocycles. The molecule has 0 atom stereocenters. The average molecular weight is 407 g/mol. The van der Waals surface area contributed by atoms with Crippen molar-refractivity contribution in [1.29, 1.82) is 0 Å². The van der Waals surface area contributed by atoms with E-state index in [0.29, 0.717) is 41.8 Å². The van der Waals surface area contributed by atoms with Gasteiger partial charge in [-0.3, -0.25) is 0 Å². The number of nitrogens with zero attached hydrogens (tertiary/aromatic N) is 5. The van der Waals surface area contributed by atoms with E-state index in [9.17, 15) is 4.39 Å². The Morgan fingerprint density at radius 1 is 1.03 bits per heavy atom. The molecule has 9 heteroatoms. The zero-order valence-corrected chi connectivity index (χ0v) is 16.4. The van der Waals surface area contributed by atoms with E-state index in [2.05, 4.69) is 30.7 Å². The van der Waals surface area contributed by atoms with Crippen molar-refractivity contribution < 1.29 is 8.81 Å². The van der Waals surface area contributed by atoms with E-state index in [1.54, 1.807) is 35.0 Å². The number of aromatic nitrogens is 5. The predicted molar refractivity (Wildman–Crippen MR) is 111 cm³/mol. The Labute approximate surface area is 172 Å². The molecular weight excluding hydrogens is 385 g/mol. The van der Waals surface area contributed by atoms with Crippen molar-refractivity contribution in [3.63, 3.8) is 0 Å². The van der Waals surface area contributed by atoms with Crippen molar-refractivity contribution in [2.24, 2.45) is 0 Å². The Balaban J connectivity index is 1.47. The molecule has 0 aliphatic heterocycles. The van der Waals surface area contributed by atoms with E-state index < -0.39 is 0 Å². The number of nitrogens with one attached hydrogen (secondary N) is 2. The number of fused-ring (bicyclic) bond motifs is 1. The molecule has 0 amide bonds. The standard InChI is InChI=1S/C21H22FN7O/c22-15-10-8-14(9-11-15)13-23-20-26-19(24-16-5-2-1-3-6-16)27-21-25-18(28-29(20)21)17-7-4-12-30-17/h4,7-12,16H,1-3,5-6,13H2,(H2,23,24,25,26,27,28). The van der Waals surface area contributed by atoms with Gasteiger partial charge < -0.3 is 15.1 Å². The quantitative estimate of drug-likeness (QED) is 0.493. The van der Waals surface area contributed by atoms with Gasteiger partial charge >= 0.3 is 0 Å². The zero-order valence-electron chi connectivity index (χ0n) is 16.4. The van der Waals surface area contributed by atoms with Crippen LogP contribution in [0, 0.1) is 5.82 Å². The minimum Gasteiger partial charge on any atom is -0.461 e. The number of benzene rings is 1. The first-order valence-corrected chi connectivity index (χ1v) is 10.2. The summed E-state index contributed by atoms with van der Waals surface area (Å²) in [6, 6.07) is 10.3. The van der Waals surface area contributed by atoms with E-state index in [0.717, 1.165) is 18.4 Å². The van der Waals surface area contributed by atoms with Crippen LogP contribution in [-0.4, -0.2) is 30.6 Å². The highest BCUT2D eigenvalue weighted by molar-refractivity contribution is 5.53. The van der Waals surface area contributed by atoms with Gasteiger partial charge in [-0.15, -0.1) is 5.10 Å². The fourth-order valence-electron chi connectivity index (χ4n) is 3.69. The van der Waals surface area contributed by atoms with Crippen LogP contribution in [0.3, 0.4) is 0 Å². The summed E-state index contributed by atoms with van der Waals surface area (Å²) in [5.74, 6) is 2.20. The van der Waals surface area contributed by atoms with Gasteiger partial charge in [0, 0.05) is 12.6 Å². The lowest BCUT2D eigenvalue weighted by molar-refractivity contribution is 0.461. The van der Waals surface area contributed by atoms with Gasteiger partial charge in [-0.2, -0.15) is 19.5 Å². The largest absolute Gasteiger partial charge is 0.461 e. The van der Waals surface area contributed by atoms with Crippen LogP contribution in [0.1, 0.15) is 37.7 Å². The van der Waals surface area contributed by atoms with Crippen molar-refractivity contribution in [2.75, 3.05) is 10.6 Å². The first-order chi connectivity index (χ1) is 14.7. The maximum atomic E-state index is 13.2. The van der Waals surface area contributed by atoms with Crippen molar-refractivity contribution in [3.05, 3.63) is 54.0 Å². The maximum Gasteiger partial charge on any atom is 0.259 e. The van der Waals surface area contributed by atoms with Gasteiger partial charge in [0.15, 0.2) is 5.76 Å². The lowest BCUT2D eigenvalue weighted by atomic mass is 9.96. The van der Waals surface area contributed by atoms with Crippen LogP contribution in [0.2, 0.25) is 0 Å². The second kappa shape index (κ2) is 8.10. The van der Waals surface area contributed by atoms with E-state index in [1.165, 1.54) is 31.4 Å². The molecule has 0 saturated heterocycles. The van der Waals surface area contributed by atoms with Crippen LogP contribution in [-0.2, 0) is 6.54 Å². The number of hydrogen-bond donors (Lipinski definition) is 2. The fraction of sp³-hybridized carbons (Fsp3) is 0.333. The summed E-state index contributed by atoms with van der Waals surface area (Å²) in [6.07, 6.45) is 7.50. The molecule has 0 bridgehead atoms. The van der Waals surface area contributed by atoms with E-state index in [-0.39, 0.29) is 5.82 Å². The number of rotatable bonds is 6. The van der Waals surface area contributed by atoms with Gasteiger partial charge in [-0.05, 0) is 42.7 Å². The molecule has 30 heavy (non-hydrogen) atoms. The zero-order chi connectivity index (χ0) is 20.3. The molecule has 8 nitrogen and oxygen atoms in total. The molecule has 0 unspecified atom stereocenters. The molecule has 0 spiro atoms. The summed E-state index contributed by atoms with van der Waals surface area (Å²) in [6.45, 7) is 0.463. The number of hydrogen-bond acceptors (Lipinski definition) is 7. The van der Waals surface area contributed by atoms with Crippen molar-refractivity contribution in [3.8, 4) is 11.6 Å². The summed E-state index contributed by atoms with van der Waals surface area (Å²) in [5, 5.41) is 11.2. The SMILES string of the molecule is Fc1ccc(CNc2nc(NC3CCCCC3)nc3nc(-c4ccco4)nn23)cc1. The first kappa shape index (κ1) is 18.5. The molecule has 1 saturated carbocycles. The van der Waals surface area contributed by atoms with Gasteiger partial charge in [0.1, 0.15) is 5.82 Å². The Morgan fingerprint density at radius 2 is 1.87 bits per heavy atom. The number of halogens is 1. The Morgan fingerprint density at radius 3 is 2.63 bits per heavy atom. The van der Waals surface area contributed by atoms with Gasteiger partial charge in [-0.1, -0.05) is 31.4 Å². The number of furan rings is 1. The minimum absolute atomic E-state index is 0.262. The molecule has 1 aromatic carbocycles. The van der Waals surface area contributed by atoms with E-state index in [4.69, 9.17) is 4.42 Å². The van der Waals surface area contributed by atoms with Crippen LogP contribution < -0.4 is 10.6 Å². The molecule has 0 radical (unpaired) electrons. The van der Waals surface area contributed by atoms with Crippen LogP contribution in [0.25, 0.3) is 17.4 Å². The van der Waals surface area contributed by atoms with Crippen molar-refractivity contribution in [2.45, 2.75) is 44.7 Å². The van der Waals surface area contributed by atoms with Crippen LogP contribution in [0.15, 0.2) is 47.1 Å². The van der Waals surface area contributed by atoms with Crippen molar-refractivity contribution >= 4 is 17.7 Å². The molecule has 3 heterocycles. The topological polar surface area (TPSA) is 93.2 Å². The molecule has 1 fully saturated rings. The third-order valence-corrected chi connectivity index (χ3v) is 5.25. The van der Waals surface area contributed by atoms with Gasteiger partial charge in [0.25, 0.3) is 5.78 Å². The predicted octanol–water partition coefficient (Wildman–Crippen LogP) is 4.28. The molecule has 5 rings (SSSR count). The summed E-state index contributed by atoms with van der Waals surface area (Å²) in [4.78, 5) is 13.7. The smallest absolute Gasteiger partial charge is 0.259 e. The molecular formula is C21H22FN7O. The van der Waals surface area contributed by atoms with Crippen molar-refractivity contribution in [1.82, 2.24) is 24.6 Å². The molecule has 2 N–H and O–H groups in total. The highest BCUT2D eigenvalue weighted by Crippen LogP contribution is 2.22. The second-order valence-electron chi connectivity index (χ2n) is 7.45. The highest BCUT2D eigenvalue weighted by atomic mass is 19.1. The summed E-state index contributed by atoms with van der Waals surface area (Å²) in [5.41, 5.74) is 0.927. The summed E-state index contributed by atoms with van der Waals surface area (Å²) < 4.78 is 20.2. The third-order valence-electron chi connectivity index (χ3n) is 5.25. The Kier molecular flexibility index (Phi) is 5.00. The summed E-state index contributed by atoms with van der Waals surface area (Å²) >= 11 is 0. The van der Waals surface area contributed by atoms with Gasteiger partial charge in [0.05, 0.1) is 6.26 Å². The minimum atomic E-state index is -0.262. The molecule has 1 aliphatic rings. The number of anilines is 2. The normalized spacial score (nSPS) is 14.8. The van der Waals surface area contributed by atoms with E-state index >= 15 is 0 Å². The second-order valence-corrected chi connectivity index (χ2v) is 7.45. The van der Waals surface area contributed by atoms with Gasteiger partial charge in [0.2, 0.25) is 17.7 Å². The Bertz CT molecular complexity index is 1120. The molecule has 154 valence electrons. The van der Waals surface area contributed by atoms with Crippen LogP contribution >= 0.6 is 0 Å². The Hall–Kier alpha value is -3.49. The monoisotopic (exact) mass is 407 g/mol. The highest BCUT2D eigenvalue weighted by Gasteiger charge is 2.18. The lowest BCUT2D eigenvalue weighted by Crippen LogP contribution is -2.24. The maximum absolute atomic E-state index is 13.2. The van der Waals surface area contributed by atoms with Gasteiger partial charge in [-0.25, -0.2) is 4.39 Å². The lowest BCUT2D eigenvalue weighted by Gasteiger charge is -2.22. The van der Waals surface area contributed by atoms with E-state index in [1.807, 2.05) is 0 Å². The summed E-state index contributed by atoms with van der Waals surface area (Å²) in [7, 11) is 0.